The van der Waals surface area contributed by atoms with Crippen molar-refractivity contribution in [1.29, 1.82) is 0 Å². The molecule has 2 aromatic rings. The number of hydrogen-bond donors (Lipinski definition) is 2. The molecule has 10 heteroatoms. The van der Waals surface area contributed by atoms with Gasteiger partial charge in [0, 0.05) is 25.5 Å². The number of nitrogens with one attached hydrogen (secondary N) is 1. The van der Waals surface area contributed by atoms with Crippen LogP contribution in [0.4, 0.5) is 0 Å². The third kappa shape index (κ3) is 3.48. The number of rotatable bonds is 5. The molecule has 0 aliphatic carbocycles. The summed E-state index contributed by atoms with van der Waals surface area (Å²) in [7, 11) is 4.36. The molecule has 10 nitrogen and oxygen atoms in total. The number of aromatic amines is 1. The van der Waals surface area contributed by atoms with Crippen molar-refractivity contribution in [2.75, 3.05) is 14.2 Å². The van der Waals surface area contributed by atoms with Gasteiger partial charge in [0.15, 0.2) is 0 Å². The van der Waals surface area contributed by atoms with Crippen LogP contribution in [0.1, 0.15) is 36.9 Å². The average molecular weight is 402 g/mol. The topological polar surface area (TPSA) is 126 Å². The van der Waals surface area contributed by atoms with Crippen LogP contribution in [0, 0.1) is 0 Å². The van der Waals surface area contributed by atoms with Gasteiger partial charge in [-0.05, 0) is 18.2 Å². The Balaban J connectivity index is 2.15. The molecule has 29 heavy (non-hydrogen) atoms. The van der Waals surface area contributed by atoms with E-state index in [0.29, 0.717) is 17.1 Å². The fourth-order valence-electron chi connectivity index (χ4n) is 3.26. The van der Waals surface area contributed by atoms with E-state index in [1.54, 1.807) is 25.1 Å². The highest BCUT2D eigenvalue weighted by molar-refractivity contribution is 6.04. The summed E-state index contributed by atoms with van der Waals surface area (Å²) in [6.07, 6.45) is 0.333. The molecule has 1 amide bonds. The van der Waals surface area contributed by atoms with E-state index >= 15 is 0 Å². The lowest BCUT2D eigenvalue weighted by molar-refractivity contribution is -0.132. The molecule has 2 N–H and O–H groups in total. The molecule has 1 aromatic carbocycles. The van der Waals surface area contributed by atoms with Gasteiger partial charge in [-0.15, -0.1) is 0 Å². The lowest BCUT2D eigenvalue weighted by Gasteiger charge is -2.23. The number of hydrazone groups is 1. The maximum atomic E-state index is 12.6. The Bertz CT molecular complexity index is 1100. The summed E-state index contributed by atoms with van der Waals surface area (Å²) < 4.78 is 11.6. The summed E-state index contributed by atoms with van der Waals surface area (Å²) in [6, 6.07) is 4.62. The molecular weight excluding hydrogens is 380 g/mol. The summed E-state index contributed by atoms with van der Waals surface area (Å²) >= 11 is 0. The summed E-state index contributed by atoms with van der Waals surface area (Å²) in [5.74, 6) is 0.316. The van der Waals surface area contributed by atoms with E-state index in [0.717, 1.165) is 4.57 Å². The predicted molar refractivity (Wildman–Crippen MR) is 105 cm³/mol. The van der Waals surface area contributed by atoms with Crippen LogP contribution in [0.2, 0.25) is 0 Å². The van der Waals surface area contributed by atoms with E-state index in [4.69, 9.17) is 9.47 Å². The highest BCUT2D eigenvalue weighted by Gasteiger charge is 2.36. The Morgan fingerprint density at radius 2 is 2.03 bits per heavy atom. The van der Waals surface area contributed by atoms with Crippen molar-refractivity contribution in [3.05, 3.63) is 50.2 Å². The van der Waals surface area contributed by atoms with Crippen LogP contribution in [0.15, 0.2) is 32.9 Å². The van der Waals surface area contributed by atoms with Gasteiger partial charge < -0.3 is 14.6 Å². The number of ether oxygens (including phenoxy) is 2. The second-order valence-electron chi connectivity index (χ2n) is 6.48. The van der Waals surface area contributed by atoms with Gasteiger partial charge >= 0.3 is 5.69 Å². The predicted octanol–water partition coefficient (Wildman–Crippen LogP) is 0.884. The lowest BCUT2D eigenvalue weighted by Crippen LogP contribution is -2.32. The van der Waals surface area contributed by atoms with Gasteiger partial charge in [-0.25, -0.2) is 9.80 Å². The second-order valence-corrected chi connectivity index (χ2v) is 6.48. The number of hydrogen-bond acceptors (Lipinski definition) is 7. The zero-order valence-corrected chi connectivity index (χ0v) is 16.6. The van der Waals surface area contributed by atoms with Gasteiger partial charge in [0.05, 0.1) is 26.0 Å². The third-order valence-corrected chi connectivity index (χ3v) is 4.85. The van der Waals surface area contributed by atoms with E-state index in [9.17, 15) is 19.5 Å². The Hall–Kier alpha value is -3.56. The number of benzene rings is 1. The minimum atomic E-state index is -0.772. The van der Waals surface area contributed by atoms with E-state index in [1.165, 1.54) is 26.3 Å². The molecule has 1 aromatic heterocycles. The molecule has 1 aliphatic rings. The Labute approximate surface area is 166 Å². The first-order valence-electron chi connectivity index (χ1n) is 8.96. The fourth-order valence-corrected chi connectivity index (χ4v) is 3.26. The zero-order valence-electron chi connectivity index (χ0n) is 16.6. The van der Waals surface area contributed by atoms with Crippen molar-refractivity contribution in [2.24, 2.45) is 12.1 Å². The van der Waals surface area contributed by atoms with Crippen LogP contribution in [0.25, 0.3) is 0 Å². The maximum absolute atomic E-state index is 12.6. The minimum absolute atomic E-state index is 0.143. The minimum Gasteiger partial charge on any atom is -0.497 e. The molecule has 0 spiro atoms. The van der Waals surface area contributed by atoms with Crippen molar-refractivity contribution in [3.8, 4) is 17.4 Å². The Morgan fingerprint density at radius 3 is 2.66 bits per heavy atom. The standard InChI is InChI=1S/C19H22N4O6/c1-5-15(24)23-13(11-8-10(28-3)6-7-14(11)29-4)9-12(21-23)16-17(25)20-19(27)22(2)18(16)26/h6-8,13,26H,5,9H2,1-4H3,(H,20,25,27)/t13-/m0/s1. The molecule has 0 saturated heterocycles. The molecule has 0 unspecified atom stereocenters. The van der Waals surface area contributed by atoms with Crippen molar-refractivity contribution < 1.29 is 19.4 Å². The van der Waals surface area contributed by atoms with Crippen molar-refractivity contribution in [2.45, 2.75) is 25.8 Å². The summed E-state index contributed by atoms with van der Waals surface area (Å²) in [4.78, 5) is 38.8. The summed E-state index contributed by atoms with van der Waals surface area (Å²) in [5, 5.41) is 15.9. The van der Waals surface area contributed by atoms with Crippen LogP contribution >= 0.6 is 0 Å². The number of carbonyl (C=O) groups is 1. The van der Waals surface area contributed by atoms with E-state index in [1.807, 2.05) is 0 Å². The maximum Gasteiger partial charge on any atom is 0.330 e. The SMILES string of the molecule is CCC(=O)N1N=C(c2c(O)n(C)c(=O)[nH]c2=O)C[C@H]1c1cc(OC)ccc1OC. The van der Waals surface area contributed by atoms with Crippen LogP contribution in [-0.4, -0.2) is 45.5 Å². The molecule has 3 rings (SSSR count). The second kappa shape index (κ2) is 7.82. The number of nitrogens with zero attached hydrogens (tertiary/aromatic N) is 3. The number of aromatic nitrogens is 2. The first-order valence-corrected chi connectivity index (χ1v) is 8.96. The lowest BCUT2D eigenvalue weighted by atomic mass is 9.98. The Morgan fingerprint density at radius 1 is 1.31 bits per heavy atom. The largest absolute Gasteiger partial charge is 0.497 e. The van der Waals surface area contributed by atoms with E-state index < -0.39 is 23.2 Å². The van der Waals surface area contributed by atoms with Gasteiger partial charge in [-0.3, -0.25) is 19.1 Å². The van der Waals surface area contributed by atoms with Gasteiger partial charge in [-0.2, -0.15) is 5.10 Å². The monoisotopic (exact) mass is 402 g/mol. The van der Waals surface area contributed by atoms with Crippen molar-refractivity contribution in [1.82, 2.24) is 14.6 Å². The smallest absolute Gasteiger partial charge is 0.330 e. The molecular formula is C19H22N4O6. The molecule has 1 atom stereocenters. The third-order valence-electron chi connectivity index (χ3n) is 4.85. The highest BCUT2D eigenvalue weighted by atomic mass is 16.5. The van der Waals surface area contributed by atoms with Crippen molar-refractivity contribution in [3.63, 3.8) is 0 Å². The molecule has 0 radical (unpaired) electrons. The molecule has 1 aliphatic heterocycles. The first-order chi connectivity index (χ1) is 13.8. The van der Waals surface area contributed by atoms with Gasteiger partial charge in [0.2, 0.25) is 11.8 Å². The molecule has 154 valence electrons. The quantitative estimate of drug-likeness (QED) is 0.765. The normalized spacial score (nSPS) is 15.9. The average Bonchev–Trinajstić information content (AvgIpc) is 3.15. The van der Waals surface area contributed by atoms with Crippen LogP contribution in [-0.2, 0) is 11.8 Å². The molecule has 0 fully saturated rings. The van der Waals surface area contributed by atoms with Crippen LogP contribution in [0.5, 0.6) is 17.4 Å². The fraction of sp³-hybridized carbons (Fsp3) is 0.368. The molecule has 0 bridgehead atoms. The van der Waals surface area contributed by atoms with Gasteiger partial charge in [0.25, 0.3) is 5.56 Å². The number of H-pyrrole nitrogens is 1. The van der Waals surface area contributed by atoms with Gasteiger partial charge in [0.1, 0.15) is 17.1 Å². The first kappa shape index (κ1) is 20.2. The van der Waals surface area contributed by atoms with Gasteiger partial charge in [-0.1, -0.05) is 6.92 Å². The number of amides is 1. The number of carbonyl (C=O) groups excluding carboxylic acids is 1. The van der Waals surface area contributed by atoms with Crippen LogP contribution in [0.3, 0.4) is 0 Å². The molecule has 0 saturated carbocycles. The highest BCUT2D eigenvalue weighted by Crippen LogP contribution is 2.39. The van der Waals surface area contributed by atoms with E-state index in [-0.39, 0.29) is 30.0 Å². The Kier molecular flexibility index (Phi) is 5.44. The number of methoxy groups -OCH3 is 2. The van der Waals surface area contributed by atoms with Crippen LogP contribution < -0.4 is 20.7 Å². The number of aromatic hydroxyl groups is 1. The van der Waals surface area contributed by atoms with E-state index in [2.05, 4.69) is 10.1 Å². The zero-order chi connectivity index (χ0) is 21.3. The summed E-state index contributed by atoms with van der Waals surface area (Å²) in [5.41, 5.74) is -0.830. The van der Waals surface area contributed by atoms with Crippen molar-refractivity contribution >= 4 is 11.6 Å². The molecule has 2 heterocycles. The summed E-state index contributed by atoms with van der Waals surface area (Å²) in [6.45, 7) is 1.70.